The number of aromatic hydroxyl groups is 1. The van der Waals surface area contributed by atoms with Crippen LogP contribution in [0.15, 0.2) is 102 Å². The number of rotatable bonds is 9. The summed E-state index contributed by atoms with van der Waals surface area (Å²) in [6.45, 7) is 0.255. The summed E-state index contributed by atoms with van der Waals surface area (Å²) in [6.07, 6.45) is 1.08. The van der Waals surface area contributed by atoms with Crippen LogP contribution in [0.1, 0.15) is 16.1 Å². The molecule has 2 heterocycles. The van der Waals surface area contributed by atoms with Gasteiger partial charge in [-0.2, -0.15) is 0 Å². The van der Waals surface area contributed by atoms with Crippen molar-refractivity contribution in [2.75, 3.05) is 26.4 Å². The lowest BCUT2D eigenvalue weighted by Crippen LogP contribution is -2.36. The first-order valence-corrected chi connectivity index (χ1v) is 15.1. The molecule has 0 aliphatic carbocycles. The quantitative estimate of drug-likeness (QED) is 0.270. The van der Waals surface area contributed by atoms with Crippen LogP contribution in [0.25, 0.3) is 33.3 Å². The molecule has 0 atom stereocenters. The second-order valence-corrected chi connectivity index (χ2v) is 12.0. The molecule has 42 heavy (non-hydrogen) atoms. The average Bonchev–Trinajstić information content (AvgIpc) is 2.99. The molecule has 0 saturated heterocycles. The number of benzene rings is 3. The second-order valence-electron chi connectivity index (χ2n) is 9.93. The van der Waals surface area contributed by atoms with Crippen LogP contribution in [0.2, 0.25) is 0 Å². The molecule has 0 aliphatic rings. The molecule has 1 amide bonds. The Labute approximate surface area is 243 Å². The van der Waals surface area contributed by atoms with Gasteiger partial charge in [-0.1, -0.05) is 91.0 Å². The maximum Gasteiger partial charge on any atom is 0.273 e. The van der Waals surface area contributed by atoms with E-state index in [1.807, 2.05) is 91.0 Å². The molecule has 214 valence electrons. The molecule has 0 saturated carbocycles. The molecule has 0 bridgehead atoms. The third-order valence-corrected chi connectivity index (χ3v) is 8.34. The third kappa shape index (κ3) is 5.95. The Morgan fingerprint density at radius 1 is 0.929 bits per heavy atom. The summed E-state index contributed by atoms with van der Waals surface area (Å²) in [5.41, 5.74) is 2.81. The highest BCUT2D eigenvalue weighted by molar-refractivity contribution is 7.88. The highest BCUT2D eigenvalue weighted by Gasteiger charge is 2.25. The van der Waals surface area contributed by atoms with Crippen molar-refractivity contribution < 1.29 is 18.3 Å². The lowest BCUT2D eigenvalue weighted by atomic mass is 10.0. The highest BCUT2D eigenvalue weighted by atomic mass is 32.2. The van der Waals surface area contributed by atoms with E-state index in [0.717, 1.165) is 16.1 Å². The number of fused-ring (bicyclic) bond motifs is 1. The van der Waals surface area contributed by atoms with Gasteiger partial charge in [-0.25, -0.2) is 17.7 Å². The molecule has 0 unspecified atom stereocenters. The molecule has 2 aromatic heterocycles. The van der Waals surface area contributed by atoms with E-state index in [1.165, 1.54) is 7.05 Å². The molecule has 10 heteroatoms. The van der Waals surface area contributed by atoms with Crippen LogP contribution < -0.4 is 10.9 Å². The van der Waals surface area contributed by atoms with E-state index in [4.69, 9.17) is 0 Å². The van der Waals surface area contributed by atoms with Crippen molar-refractivity contribution in [3.05, 3.63) is 119 Å². The van der Waals surface area contributed by atoms with Gasteiger partial charge in [0.1, 0.15) is 0 Å². The van der Waals surface area contributed by atoms with Crippen molar-refractivity contribution in [1.29, 1.82) is 0 Å². The molecule has 0 fully saturated rings. The molecular formula is C32H30N4O5S. The Hall–Kier alpha value is -4.80. The summed E-state index contributed by atoms with van der Waals surface area (Å²) >= 11 is 0. The van der Waals surface area contributed by atoms with Crippen molar-refractivity contribution in [2.45, 2.75) is 6.54 Å². The number of nitrogens with zero attached hydrogens (tertiary/aromatic N) is 3. The van der Waals surface area contributed by atoms with Crippen molar-refractivity contribution in [3.8, 4) is 28.1 Å². The molecule has 9 nitrogen and oxygen atoms in total. The number of amides is 1. The Morgan fingerprint density at radius 3 is 2.10 bits per heavy atom. The lowest BCUT2D eigenvalue weighted by Gasteiger charge is -2.19. The van der Waals surface area contributed by atoms with Crippen molar-refractivity contribution in [1.82, 2.24) is 19.2 Å². The van der Waals surface area contributed by atoms with Crippen molar-refractivity contribution >= 4 is 26.8 Å². The predicted octanol–water partition coefficient (Wildman–Crippen LogP) is 4.11. The number of likely N-dealkylation sites (N-methyl/N-ethyl adjacent to an activating group) is 1. The van der Waals surface area contributed by atoms with Gasteiger partial charge in [0.05, 0.1) is 24.0 Å². The zero-order valence-corrected chi connectivity index (χ0v) is 24.0. The van der Waals surface area contributed by atoms with Gasteiger partial charge in [0, 0.05) is 36.7 Å². The van der Waals surface area contributed by atoms with E-state index < -0.39 is 15.9 Å². The summed E-state index contributed by atoms with van der Waals surface area (Å²) in [6, 6.07) is 29.4. The Balaban J connectivity index is 1.74. The SMILES string of the molecule is CN(CCNC(=O)c1nc(-c2ccccc2)c2c(cc(-c3ccccc3)c(=O)n2Cc2ccccc2)c1O)S(C)(=O)=O. The molecule has 0 spiro atoms. The number of carbonyl (C=O) groups is 1. The summed E-state index contributed by atoms with van der Waals surface area (Å²) < 4.78 is 26.2. The monoisotopic (exact) mass is 582 g/mol. The standard InChI is InChI=1S/C32H30N4O5S/c1-35(42(2,40)41)19-18-33-31(38)28-30(37)26-20-25(23-14-8-4-9-15-23)32(39)36(21-22-12-6-3-7-13-22)29(26)27(34-28)24-16-10-5-11-17-24/h3-17,20,37H,18-19,21H2,1-2H3,(H,33,38). The number of pyridine rings is 2. The first-order valence-electron chi connectivity index (χ1n) is 13.3. The van der Waals surface area contributed by atoms with Crippen LogP contribution in [0.5, 0.6) is 5.75 Å². The van der Waals surface area contributed by atoms with Crippen LogP contribution in [0.3, 0.4) is 0 Å². The summed E-state index contributed by atoms with van der Waals surface area (Å²) in [7, 11) is -2.01. The maximum atomic E-state index is 14.1. The van der Waals surface area contributed by atoms with Gasteiger partial charge in [-0.05, 0) is 17.2 Å². The molecular weight excluding hydrogens is 552 g/mol. The first-order chi connectivity index (χ1) is 20.1. The highest BCUT2D eigenvalue weighted by Crippen LogP contribution is 2.36. The molecule has 3 aromatic carbocycles. The van der Waals surface area contributed by atoms with E-state index >= 15 is 0 Å². The molecule has 5 rings (SSSR count). The Morgan fingerprint density at radius 2 is 1.50 bits per heavy atom. The topological polar surface area (TPSA) is 122 Å². The second kappa shape index (κ2) is 12.0. The fourth-order valence-electron chi connectivity index (χ4n) is 4.72. The Kier molecular flexibility index (Phi) is 8.19. The van der Waals surface area contributed by atoms with Crippen LogP contribution in [0, 0.1) is 0 Å². The van der Waals surface area contributed by atoms with E-state index in [-0.39, 0.29) is 42.0 Å². The molecule has 5 aromatic rings. The van der Waals surface area contributed by atoms with E-state index in [9.17, 15) is 23.1 Å². The molecule has 2 N–H and O–H groups in total. The minimum absolute atomic E-state index is 0.00496. The van der Waals surface area contributed by atoms with E-state index in [1.54, 1.807) is 10.6 Å². The number of nitrogens with one attached hydrogen (secondary N) is 1. The Bertz CT molecular complexity index is 1910. The lowest BCUT2D eigenvalue weighted by molar-refractivity contribution is 0.0944. The number of sulfonamides is 1. The van der Waals surface area contributed by atoms with Crippen molar-refractivity contribution in [2.24, 2.45) is 0 Å². The fraction of sp³-hybridized carbons (Fsp3) is 0.156. The minimum atomic E-state index is -3.43. The van der Waals surface area contributed by atoms with Gasteiger partial charge in [-0.3, -0.25) is 9.59 Å². The van der Waals surface area contributed by atoms with Crippen LogP contribution in [-0.2, 0) is 16.6 Å². The zero-order chi connectivity index (χ0) is 29.9. The van der Waals surface area contributed by atoms with Gasteiger partial charge in [0.25, 0.3) is 11.5 Å². The normalized spacial score (nSPS) is 11.6. The predicted molar refractivity (Wildman–Crippen MR) is 164 cm³/mol. The molecule has 0 radical (unpaired) electrons. The smallest absolute Gasteiger partial charge is 0.273 e. The van der Waals surface area contributed by atoms with Crippen LogP contribution in [0.4, 0.5) is 0 Å². The largest absolute Gasteiger partial charge is 0.505 e. The van der Waals surface area contributed by atoms with Gasteiger partial charge in [-0.15, -0.1) is 0 Å². The fourth-order valence-corrected chi connectivity index (χ4v) is 5.14. The number of hydrogen-bond donors (Lipinski definition) is 2. The van der Waals surface area contributed by atoms with E-state index in [0.29, 0.717) is 27.9 Å². The number of carbonyl (C=O) groups excluding carboxylic acids is 1. The summed E-state index contributed by atoms with van der Waals surface area (Å²) in [5.74, 6) is -1.05. The van der Waals surface area contributed by atoms with E-state index in [2.05, 4.69) is 10.3 Å². The van der Waals surface area contributed by atoms with Crippen molar-refractivity contribution in [3.63, 3.8) is 0 Å². The van der Waals surface area contributed by atoms with Crippen LogP contribution >= 0.6 is 0 Å². The number of hydrogen-bond acceptors (Lipinski definition) is 6. The minimum Gasteiger partial charge on any atom is -0.505 e. The maximum absolute atomic E-state index is 14.1. The zero-order valence-electron chi connectivity index (χ0n) is 23.2. The first kappa shape index (κ1) is 28.7. The van der Waals surface area contributed by atoms with Gasteiger partial charge in [0.15, 0.2) is 11.4 Å². The summed E-state index contributed by atoms with van der Waals surface area (Å²) in [4.78, 5) is 32.1. The average molecular weight is 583 g/mol. The number of aromatic nitrogens is 2. The molecule has 0 aliphatic heterocycles. The third-order valence-electron chi connectivity index (χ3n) is 7.03. The van der Waals surface area contributed by atoms with Crippen LogP contribution in [-0.4, -0.2) is 59.7 Å². The van der Waals surface area contributed by atoms with Gasteiger partial charge < -0.3 is 15.0 Å². The van der Waals surface area contributed by atoms with Gasteiger partial charge >= 0.3 is 0 Å². The summed E-state index contributed by atoms with van der Waals surface area (Å²) in [5, 5.41) is 14.5. The van der Waals surface area contributed by atoms with Gasteiger partial charge in [0.2, 0.25) is 10.0 Å².